The summed E-state index contributed by atoms with van der Waals surface area (Å²) in [7, 11) is 0. The minimum absolute atomic E-state index is 0.176. The molecule has 2 saturated carbocycles. The van der Waals surface area contributed by atoms with Crippen LogP contribution in [-0.4, -0.2) is 24.3 Å². The van der Waals surface area contributed by atoms with Crippen molar-refractivity contribution in [3.8, 4) is 0 Å². The van der Waals surface area contributed by atoms with Gasteiger partial charge in [0.2, 0.25) is 0 Å². The zero-order chi connectivity index (χ0) is 13.5. The fraction of sp³-hybridized carbons (Fsp3) is 1.00. The van der Waals surface area contributed by atoms with E-state index in [-0.39, 0.29) is 5.60 Å². The summed E-state index contributed by atoms with van der Waals surface area (Å²) >= 11 is 0. The Balaban J connectivity index is 1.61. The molecule has 1 N–H and O–H groups in total. The minimum atomic E-state index is 0.176. The van der Waals surface area contributed by atoms with Crippen molar-refractivity contribution in [1.82, 2.24) is 5.32 Å². The van der Waals surface area contributed by atoms with Gasteiger partial charge in [0.15, 0.2) is 0 Å². The summed E-state index contributed by atoms with van der Waals surface area (Å²) in [5.74, 6) is 0.927. The fourth-order valence-corrected chi connectivity index (χ4v) is 4.31. The van der Waals surface area contributed by atoms with Crippen LogP contribution in [0.2, 0.25) is 0 Å². The van der Waals surface area contributed by atoms with Crippen LogP contribution in [0.25, 0.3) is 0 Å². The van der Waals surface area contributed by atoms with Crippen LogP contribution >= 0.6 is 0 Å². The number of morpholine rings is 1. The first-order chi connectivity index (χ1) is 9.02. The fourth-order valence-electron chi connectivity index (χ4n) is 4.31. The second kappa shape index (κ2) is 5.04. The molecule has 0 bridgehead atoms. The Morgan fingerprint density at radius 1 is 1.11 bits per heavy atom. The van der Waals surface area contributed by atoms with Gasteiger partial charge in [0.25, 0.3) is 0 Å². The van der Waals surface area contributed by atoms with E-state index in [1.54, 1.807) is 0 Å². The smallest absolute Gasteiger partial charge is 0.0811 e. The van der Waals surface area contributed by atoms with Crippen LogP contribution in [0.3, 0.4) is 0 Å². The topological polar surface area (TPSA) is 21.3 Å². The molecular weight excluding hydrogens is 234 g/mol. The second-order valence-corrected chi connectivity index (χ2v) is 8.08. The van der Waals surface area contributed by atoms with Gasteiger partial charge in [0, 0.05) is 12.6 Å². The van der Waals surface area contributed by atoms with E-state index < -0.39 is 0 Å². The predicted molar refractivity (Wildman–Crippen MR) is 79.3 cm³/mol. The molecule has 110 valence electrons. The predicted octanol–water partition coefficient (Wildman–Crippen LogP) is 3.89. The molecule has 1 spiro atoms. The van der Waals surface area contributed by atoms with Crippen LogP contribution in [-0.2, 0) is 4.74 Å². The van der Waals surface area contributed by atoms with Gasteiger partial charge in [-0.3, -0.25) is 0 Å². The van der Waals surface area contributed by atoms with Crippen molar-refractivity contribution in [2.75, 3.05) is 6.54 Å². The van der Waals surface area contributed by atoms with Crippen molar-refractivity contribution in [2.45, 2.75) is 89.9 Å². The standard InChI is InChI=1S/C17H31NO/c1-4-13-5-6-15-14(11-13)18-12-17(19-15)9-7-16(2,3)8-10-17/h13-15,18H,4-12H2,1-3H3. The maximum absolute atomic E-state index is 6.64. The molecule has 3 rings (SSSR count). The van der Waals surface area contributed by atoms with Gasteiger partial charge in [0.05, 0.1) is 11.7 Å². The monoisotopic (exact) mass is 265 g/mol. The number of ether oxygens (including phenoxy) is 1. The molecule has 3 atom stereocenters. The summed E-state index contributed by atoms with van der Waals surface area (Å²) in [6.07, 6.45) is 11.0. The van der Waals surface area contributed by atoms with E-state index in [0.717, 1.165) is 12.5 Å². The largest absolute Gasteiger partial charge is 0.369 e. The third kappa shape index (κ3) is 2.85. The summed E-state index contributed by atoms with van der Waals surface area (Å²) in [5, 5.41) is 3.85. The zero-order valence-corrected chi connectivity index (χ0v) is 13.0. The molecule has 2 aliphatic carbocycles. The van der Waals surface area contributed by atoms with Gasteiger partial charge < -0.3 is 10.1 Å². The quantitative estimate of drug-likeness (QED) is 0.776. The lowest BCUT2D eigenvalue weighted by atomic mass is 9.69. The van der Waals surface area contributed by atoms with E-state index in [1.165, 1.54) is 51.4 Å². The lowest BCUT2D eigenvalue weighted by Gasteiger charge is -2.52. The van der Waals surface area contributed by atoms with Crippen LogP contribution in [0, 0.1) is 11.3 Å². The molecule has 0 aromatic rings. The summed E-state index contributed by atoms with van der Waals surface area (Å²) in [6, 6.07) is 0.638. The molecule has 1 heterocycles. The van der Waals surface area contributed by atoms with Crippen molar-refractivity contribution in [3.05, 3.63) is 0 Å². The van der Waals surface area contributed by atoms with E-state index in [1.807, 2.05) is 0 Å². The van der Waals surface area contributed by atoms with Crippen LogP contribution in [0.1, 0.15) is 72.1 Å². The highest BCUT2D eigenvalue weighted by atomic mass is 16.5. The summed E-state index contributed by atoms with van der Waals surface area (Å²) in [6.45, 7) is 8.25. The maximum atomic E-state index is 6.64. The zero-order valence-electron chi connectivity index (χ0n) is 13.0. The average molecular weight is 265 g/mol. The summed E-state index contributed by atoms with van der Waals surface area (Å²) < 4.78 is 6.64. The Bertz CT molecular complexity index is 315. The molecule has 0 amide bonds. The molecule has 19 heavy (non-hydrogen) atoms. The maximum Gasteiger partial charge on any atom is 0.0811 e. The SMILES string of the molecule is CCC1CCC2OC3(CCC(C)(C)CC3)CNC2C1. The van der Waals surface area contributed by atoms with Crippen LogP contribution < -0.4 is 5.32 Å². The van der Waals surface area contributed by atoms with Gasteiger partial charge in [-0.25, -0.2) is 0 Å². The minimum Gasteiger partial charge on any atom is -0.369 e. The van der Waals surface area contributed by atoms with Crippen molar-refractivity contribution in [2.24, 2.45) is 11.3 Å². The molecule has 3 aliphatic rings. The third-order valence-electron chi connectivity index (χ3n) is 6.08. The second-order valence-electron chi connectivity index (χ2n) is 8.08. The van der Waals surface area contributed by atoms with Crippen molar-refractivity contribution in [3.63, 3.8) is 0 Å². The van der Waals surface area contributed by atoms with Gasteiger partial charge in [0.1, 0.15) is 0 Å². The van der Waals surface area contributed by atoms with Crippen LogP contribution in [0.15, 0.2) is 0 Å². The normalized spacial score (nSPS) is 40.9. The Kier molecular flexibility index (Phi) is 3.68. The van der Waals surface area contributed by atoms with Gasteiger partial charge >= 0.3 is 0 Å². The molecule has 2 nitrogen and oxygen atoms in total. The summed E-state index contributed by atoms with van der Waals surface area (Å²) in [5.41, 5.74) is 0.709. The van der Waals surface area contributed by atoms with E-state index in [4.69, 9.17) is 4.74 Å². The van der Waals surface area contributed by atoms with E-state index >= 15 is 0 Å². The third-order valence-corrected chi connectivity index (χ3v) is 6.08. The molecule has 1 aliphatic heterocycles. The van der Waals surface area contributed by atoms with Gasteiger partial charge in [-0.05, 0) is 56.3 Å². The number of nitrogens with one attached hydrogen (secondary N) is 1. The molecule has 0 radical (unpaired) electrons. The van der Waals surface area contributed by atoms with Crippen molar-refractivity contribution >= 4 is 0 Å². The first-order valence-corrected chi connectivity index (χ1v) is 8.43. The van der Waals surface area contributed by atoms with E-state index in [0.29, 0.717) is 17.6 Å². The number of fused-ring (bicyclic) bond motifs is 1. The summed E-state index contributed by atoms with van der Waals surface area (Å²) in [4.78, 5) is 0. The van der Waals surface area contributed by atoms with Gasteiger partial charge in [-0.15, -0.1) is 0 Å². The van der Waals surface area contributed by atoms with Crippen molar-refractivity contribution in [1.29, 1.82) is 0 Å². The molecule has 2 heteroatoms. The Labute approximate surface area is 118 Å². The molecule has 1 saturated heterocycles. The number of hydrogen-bond donors (Lipinski definition) is 1. The first-order valence-electron chi connectivity index (χ1n) is 8.43. The van der Waals surface area contributed by atoms with Gasteiger partial charge in [-0.2, -0.15) is 0 Å². The Morgan fingerprint density at radius 3 is 2.53 bits per heavy atom. The van der Waals surface area contributed by atoms with Crippen molar-refractivity contribution < 1.29 is 4.74 Å². The number of rotatable bonds is 1. The Hall–Kier alpha value is -0.0800. The van der Waals surface area contributed by atoms with E-state index in [2.05, 4.69) is 26.1 Å². The molecule has 3 fully saturated rings. The highest BCUT2D eigenvalue weighted by Gasteiger charge is 2.46. The van der Waals surface area contributed by atoms with Crippen LogP contribution in [0.4, 0.5) is 0 Å². The number of hydrogen-bond acceptors (Lipinski definition) is 2. The molecule has 0 aromatic carbocycles. The highest BCUT2D eigenvalue weighted by Crippen LogP contribution is 2.45. The lowest BCUT2D eigenvalue weighted by molar-refractivity contribution is -0.172. The first kappa shape index (κ1) is 13.9. The molecular formula is C17H31NO. The van der Waals surface area contributed by atoms with E-state index in [9.17, 15) is 0 Å². The van der Waals surface area contributed by atoms with Gasteiger partial charge in [-0.1, -0.05) is 27.2 Å². The molecule has 3 unspecified atom stereocenters. The lowest BCUT2D eigenvalue weighted by Crippen LogP contribution is -2.61. The average Bonchev–Trinajstić information content (AvgIpc) is 2.42. The Morgan fingerprint density at radius 2 is 1.84 bits per heavy atom. The highest BCUT2D eigenvalue weighted by molar-refractivity contribution is 5.00. The van der Waals surface area contributed by atoms with Crippen LogP contribution in [0.5, 0.6) is 0 Å². The molecule has 0 aromatic heterocycles.